The van der Waals surface area contributed by atoms with E-state index in [9.17, 15) is 9.18 Å². The molecule has 1 amide bonds. The molecule has 1 atom stereocenters. The molecule has 0 spiro atoms. The summed E-state index contributed by atoms with van der Waals surface area (Å²) >= 11 is 0. The van der Waals surface area contributed by atoms with Gasteiger partial charge in [-0.05, 0) is 37.6 Å². The molecule has 0 bridgehead atoms. The van der Waals surface area contributed by atoms with Crippen LogP contribution in [0.2, 0.25) is 0 Å². The number of carbonyl (C=O) groups excluding carboxylic acids is 1. The Kier molecular flexibility index (Phi) is 6.15. The third-order valence-electron chi connectivity index (χ3n) is 3.68. The van der Waals surface area contributed by atoms with Crippen molar-refractivity contribution < 1.29 is 18.7 Å². The van der Waals surface area contributed by atoms with Gasteiger partial charge < -0.3 is 20.1 Å². The van der Waals surface area contributed by atoms with Crippen LogP contribution < -0.4 is 10.5 Å². The first-order valence-corrected chi connectivity index (χ1v) is 7.57. The smallest absolute Gasteiger partial charge is 0.257 e. The molecule has 0 saturated carbocycles. The molecule has 2 N–H and O–H groups in total. The van der Waals surface area contributed by atoms with Gasteiger partial charge in [-0.3, -0.25) is 4.79 Å². The molecule has 1 aromatic rings. The molecule has 1 aromatic carbocycles. The second-order valence-corrected chi connectivity index (χ2v) is 5.55. The van der Waals surface area contributed by atoms with Crippen LogP contribution in [-0.2, 0) is 4.74 Å². The minimum absolute atomic E-state index is 0.242. The van der Waals surface area contributed by atoms with Crippen molar-refractivity contribution in [3.63, 3.8) is 0 Å². The van der Waals surface area contributed by atoms with Crippen LogP contribution in [0.1, 0.15) is 23.2 Å². The highest BCUT2D eigenvalue weighted by Gasteiger charge is 2.23. The highest BCUT2D eigenvalue weighted by atomic mass is 19.1. The van der Waals surface area contributed by atoms with Crippen LogP contribution >= 0.6 is 0 Å². The number of benzene rings is 1. The highest BCUT2D eigenvalue weighted by molar-refractivity contribution is 5.96. The summed E-state index contributed by atoms with van der Waals surface area (Å²) in [4.78, 5) is 14.2. The minimum atomic E-state index is -0.452. The first-order valence-electron chi connectivity index (χ1n) is 7.57. The Morgan fingerprint density at radius 2 is 2.36 bits per heavy atom. The van der Waals surface area contributed by atoms with Crippen molar-refractivity contribution in [2.45, 2.75) is 12.8 Å². The molecule has 1 unspecified atom stereocenters. The summed E-state index contributed by atoms with van der Waals surface area (Å²) in [6.07, 6.45) is 1.63. The van der Waals surface area contributed by atoms with Crippen LogP contribution in [-0.4, -0.2) is 50.8 Å². The number of halogens is 1. The molecule has 1 aliphatic heterocycles. The van der Waals surface area contributed by atoms with Crippen LogP contribution in [0.3, 0.4) is 0 Å². The van der Waals surface area contributed by atoms with Crippen LogP contribution in [0, 0.1) is 11.7 Å². The lowest BCUT2D eigenvalue weighted by Gasteiger charge is -2.21. The van der Waals surface area contributed by atoms with E-state index in [1.165, 1.54) is 18.2 Å². The highest BCUT2D eigenvalue weighted by Crippen LogP contribution is 2.23. The van der Waals surface area contributed by atoms with Gasteiger partial charge in [0.25, 0.3) is 5.91 Å². The first kappa shape index (κ1) is 16.7. The van der Waals surface area contributed by atoms with E-state index in [1.54, 1.807) is 11.9 Å². The number of nitrogens with two attached hydrogens (primary N) is 1. The quantitative estimate of drug-likeness (QED) is 0.778. The molecule has 1 aliphatic rings. The third kappa shape index (κ3) is 4.42. The summed E-state index contributed by atoms with van der Waals surface area (Å²) in [6.45, 7) is 2.91. The number of ether oxygens (including phenoxy) is 2. The van der Waals surface area contributed by atoms with Crippen molar-refractivity contribution in [3.05, 3.63) is 29.6 Å². The van der Waals surface area contributed by atoms with E-state index < -0.39 is 5.82 Å². The predicted molar refractivity (Wildman–Crippen MR) is 81.5 cm³/mol. The Balaban J connectivity index is 2.07. The number of amides is 1. The molecule has 1 heterocycles. The lowest BCUT2D eigenvalue weighted by molar-refractivity contribution is 0.0761. The van der Waals surface area contributed by atoms with E-state index >= 15 is 0 Å². The number of nitrogens with zero attached hydrogens (tertiary/aromatic N) is 1. The maximum Gasteiger partial charge on any atom is 0.257 e. The Bertz CT molecular complexity index is 504. The lowest BCUT2D eigenvalue weighted by Crippen LogP contribution is -2.32. The summed E-state index contributed by atoms with van der Waals surface area (Å²) in [7, 11) is 1.72. The normalized spacial score (nSPS) is 17.5. The topological polar surface area (TPSA) is 64.8 Å². The maximum absolute atomic E-state index is 13.5. The summed E-state index contributed by atoms with van der Waals surface area (Å²) in [5, 5.41) is 0. The average molecular weight is 310 g/mol. The summed E-state index contributed by atoms with van der Waals surface area (Å²) in [5.74, 6) is 0.0414. The van der Waals surface area contributed by atoms with Crippen LogP contribution in [0.25, 0.3) is 0 Å². The van der Waals surface area contributed by atoms with Crippen molar-refractivity contribution >= 4 is 5.91 Å². The van der Waals surface area contributed by atoms with Gasteiger partial charge in [0.05, 0.1) is 18.8 Å². The number of hydrogen-bond acceptors (Lipinski definition) is 4. The Morgan fingerprint density at radius 3 is 3.05 bits per heavy atom. The zero-order valence-electron chi connectivity index (χ0n) is 12.9. The molecule has 0 radical (unpaired) electrons. The molecular formula is C16H23FN2O3. The Labute approximate surface area is 130 Å². The predicted octanol–water partition coefficient (Wildman–Crippen LogP) is 1.66. The maximum atomic E-state index is 13.5. The van der Waals surface area contributed by atoms with Crippen LogP contribution in [0.5, 0.6) is 5.75 Å². The summed E-state index contributed by atoms with van der Waals surface area (Å²) in [5.41, 5.74) is 5.68. The van der Waals surface area contributed by atoms with Gasteiger partial charge in [0.2, 0.25) is 0 Å². The van der Waals surface area contributed by atoms with Crippen LogP contribution in [0.4, 0.5) is 4.39 Å². The largest absolute Gasteiger partial charge is 0.493 e. The number of rotatable bonds is 7. The second kappa shape index (κ2) is 8.10. The molecule has 5 nitrogen and oxygen atoms in total. The SMILES string of the molecule is CN(CC1CCOC1)C(=O)c1cc(F)ccc1OCCCN. The second-order valence-electron chi connectivity index (χ2n) is 5.55. The van der Waals surface area contributed by atoms with Gasteiger partial charge in [0.1, 0.15) is 11.6 Å². The van der Waals surface area contributed by atoms with Crippen molar-refractivity contribution in [2.75, 3.05) is 40.0 Å². The van der Waals surface area contributed by atoms with E-state index in [-0.39, 0.29) is 11.5 Å². The van der Waals surface area contributed by atoms with Gasteiger partial charge in [0.15, 0.2) is 0 Å². The first-order chi connectivity index (χ1) is 10.6. The molecule has 2 rings (SSSR count). The molecule has 6 heteroatoms. The molecule has 122 valence electrons. The lowest BCUT2D eigenvalue weighted by atomic mass is 10.1. The molecule has 22 heavy (non-hydrogen) atoms. The fourth-order valence-corrected chi connectivity index (χ4v) is 2.46. The van der Waals surface area contributed by atoms with Crippen molar-refractivity contribution in [1.82, 2.24) is 4.90 Å². The number of carbonyl (C=O) groups is 1. The van der Waals surface area contributed by atoms with Crippen LogP contribution in [0.15, 0.2) is 18.2 Å². The van der Waals surface area contributed by atoms with Gasteiger partial charge in [-0.25, -0.2) is 4.39 Å². The van der Waals surface area contributed by atoms with Gasteiger partial charge in [-0.15, -0.1) is 0 Å². The van der Waals surface area contributed by atoms with E-state index in [2.05, 4.69) is 0 Å². The van der Waals surface area contributed by atoms with Gasteiger partial charge in [-0.2, -0.15) is 0 Å². The summed E-state index contributed by atoms with van der Waals surface area (Å²) < 4.78 is 24.4. The molecule has 1 saturated heterocycles. The van der Waals surface area contributed by atoms with Crippen molar-refractivity contribution in [1.29, 1.82) is 0 Å². The van der Waals surface area contributed by atoms with Gasteiger partial charge in [-0.1, -0.05) is 0 Å². The Hall–Kier alpha value is -1.66. The summed E-state index contributed by atoms with van der Waals surface area (Å²) in [6, 6.07) is 4.01. The standard InChI is InChI=1S/C16H23FN2O3/c1-19(10-12-5-8-21-11-12)16(20)14-9-13(17)3-4-15(14)22-7-2-6-18/h3-4,9,12H,2,5-8,10-11,18H2,1H3. The fraction of sp³-hybridized carbons (Fsp3) is 0.562. The zero-order valence-corrected chi connectivity index (χ0v) is 12.9. The van der Waals surface area contributed by atoms with E-state index in [0.29, 0.717) is 44.4 Å². The zero-order chi connectivity index (χ0) is 15.9. The number of hydrogen-bond donors (Lipinski definition) is 1. The third-order valence-corrected chi connectivity index (χ3v) is 3.68. The van der Waals surface area contributed by atoms with Crippen molar-refractivity contribution in [3.8, 4) is 5.75 Å². The Morgan fingerprint density at radius 1 is 1.55 bits per heavy atom. The molecular weight excluding hydrogens is 287 g/mol. The molecule has 1 fully saturated rings. The fourth-order valence-electron chi connectivity index (χ4n) is 2.46. The van der Waals surface area contributed by atoms with E-state index in [4.69, 9.17) is 15.2 Å². The minimum Gasteiger partial charge on any atom is -0.493 e. The monoisotopic (exact) mass is 310 g/mol. The van der Waals surface area contributed by atoms with Gasteiger partial charge in [0, 0.05) is 26.1 Å². The molecule has 0 aromatic heterocycles. The van der Waals surface area contributed by atoms with E-state index in [1.807, 2.05) is 0 Å². The molecule has 0 aliphatic carbocycles. The average Bonchev–Trinajstić information content (AvgIpc) is 3.01. The van der Waals surface area contributed by atoms with Gasteiger partial charge >= 0.3 is 0 Å². The van der Waals surface area contributed by atoms with E-state index in [0.717, 1.165) is 13.0 Å². The van der Waals surface area contributed by atoms with Crippen molar-refractivity contribution in [2.24, 2.45) is 11.7 Å².